The highest BCUT2D eigenvalue weighted by Gasteiger charge is 2.20. The molecular formula is C12H15FN2O2. The molecule has 0 spiro atoms. The molecule has 1 heterocycles. The number of rotatable bonds is 4. The fourth-order valence-corrected chi connectivity index (χ4v) is 1.89. The number of H-pyrrole nitrogens is 1. The van der Waals surface area contributed by atoms with Crippen molar-refractivity contribution in [1.29, 1.82) is 0 Å². The first kappa shape index (κ1) is 12.0. The third-order valence-corrected chi connectivity index (χ3v) is 2.77. The van der Waals surface area contributed by atoms with E-state index < -0.39 is 12.2 Å². The van der Waals surface area contributed by atoms with Gasteiger partial charge in [0.15, 0.2) is 0 Å². The minimum absolute atomic E-state index is 0.267. The van der Waals surface area contributed by atoms with Crippen LogP contribution < -0.4 is 5.32 Å². The first-order chi connectivity index (χ1) is 8.13. The molecule has 0 saturated heterocycles. The predicted molar refractivity (Wildman–Crippen MR) is 63.2 cm³/mol. The molecule has 4 N–H and O–H groups in total. The van der Waals surface area contributed by atoms with Crippen molar-refractivity contribution in [2.75, 3.05) is 13.6 Å². The van der Waals surface area contributed by atoms with E-state index in [9.17, 15) is 14.6 Å². The zero-order valence-electron chi connectivity index (χ0n) is 9.44. The van der Waals surface area contributed by atoms with Gasteiger partial charge < -0.3 is 20.5 Å². The Morgan fingerprint density at radius 3 is 2.88 bits per heavy atom. The zero-order valence-corrected chi connectivity index (χ0v) is 9.44. The Labute approximate surface area is 98.1 Å². The third-order valence-electron chi connectivity index (χ3n) is 2.77. The molecule has 5 heteroatoms. The number of likely N-dealkylation sites (N-methyl/N-ethyl adjacent to an activating group) is 1. The molecule has 2 rings (SSSR count). The molecule has 1 aromatic carbocycles. The Hall–Kier alpha value is -1.43. The van der Waals surface area contributed by atoms with Crippen LogP contribution in [0.15, 0.2) is 24.4 Å². The van der Waals surface area contributed by atoms with E-state index in [2.05, 4.69) is 10.3 Å². The van der Waals surface area contributed by atoms with Crippen LogP contribution in [0.2, 0.25) is 0 Å². The number of halogens is 1. The van der Waals surface area contributed by atoms with Crippen molar-refractivity contribution in [2.24, 2.45) is 0 Å². The summed E-state index contributed by atoms with van der Waals surface area (Å²) in [6.07, 6.45) is -0.381. The highest BCUT2D eigenvalue weighted by molar-refractivity contribution is 5.83. The molecule has 1 aromatic heterocycles. The van der Waals surface area contributed by atoms with Gasteiger partial charge in [-0.05, 0) is 25.2 Å². The van der Waals surface area contributed by atoms with Gasteiger partial charge in [-0.15, -0.1) is 0 Å². The molecular weight excluding hydrogens is 223 g/mol. The van der Waals surface area contributed by atoms with Gasteiger partial charge in [-0.1, -0.05) is 0 Å². The van der Waals surface area contributed by atoms with Crippen LogP contribution in [0.4, 0.5) is 4.39 Å². The largest absolute Gasteiger partial charge is 0.389 e. The van der Waals surface area contributed by atoms with Crippen molar-refractivity contribution < 1.29 is 14.6 Å². The van der Waals surface area contributed by atoms with Crippen molar-refractivity contribution in [3.63, 3.8) is 0 Å². The highest BCUT2D eigenvalue weighted by Crippen LogP contribution is 2.26. The minimum atomic E-state index is -1.04. The number of hydrogen-bond donors (Lipinski definition) is 4. The van der Waals surface area contributed by atoms with Gasteiger partial charge in [0.05, 0.1) is 6.10 Å². The fraction of sp³-hybridized carbons (Fsp3) is 0.333. The Morgan fingerprint density at radius 1 is 1.41 bits per heavy atom. The van der Waals surface area contributed by atoms with E-state index in [4.69, 9.17) is 0 Å². The molecule has 0 radical (unpaired) electrons. The molecule has 0 aliphatic heterocycles. The molecule has 0 saturated carbocycles. The van der Waals surface area contributed by atoms with Crippen molar-refractivity contribution in [2.45, 2.75) is 12.2 Å². The van der Waals surface area contributed by atoms with Crippen molar-refractivity contribution in [3.8, 4) is 0 Å². The first-order valence-electron chi connectivity index (χ1n) is 5.40. The molecule has 0 aliphatic rings. The van der Waals surface area contributed by atoms with Gasteiger partial charge in [-0.2, -0.15) is 0 Å². The molecule has 2 aromatic rings. The van der Waals surface area contributed by atoms with Gasteiger partial charge in [0, 0.05) is 29.2 Å². The highest BCUT2D eigenvalue weighted by atomic mass is 19.1. The van der Waals surface area contributed by atoms with Crippen LogP contribution in [0, 0.1) is 5.82 Å². The Balaban J connectivity index is 2.38. The topological polar surface area (TPSA) is 68.3 Å². The van der Waals surface area contributed by atoms with Gasteiger partial charge in [0.1, 0.15) is 11.9 Å². The minimum Gasteiger partial charge on any atom is -0.389 e. The third kappa shape index (κ3) is 2.31. The van der Waals surface area contributed by atoms with Gasteiger partial charge in [-0.25, -0.2) is 4.39 Å². The number of aromatic amines is 1. The summed E-state index contributed by atoms with van der Waals surface area (Å²) >= 11 is 0. The van der Waals surface area contributed by atoms with E-state index in [-0.39, 0.29) is 12.4 Å². The van der Waals surface area contributed by atoms with Crippen LogP contribution >= 0.6 is 0 Å². The average molecular weight is 238 g/mol. The monoisotopic (exact) mass is 238 g/mol. The Kier molecular flexibility index (Phi) is 3.42. The number of nitrogens with one attached hydrogen (secondary N) is 2. The number of aromatic nitrogens is 1. The Morgan fingerprint density at radius 2 is 2.18 bits per heavy atom. The zero-order chi connectivity index (χ0) is 12.4. The van der Waals surface area contributed by atoms with E-state index in [1.807, 2.05) is 0 Å². The summed E-state index contributed by atoms with van der Waals surface area (Å²) in [6, 6.07) is 4.29. The lowest BCUT2D eigenvalue weighted by molar-refractivity contribution is 0.0211. The average Bonchev–Trinajstić information content (AvgIpc) is 2.71. The van der Waals surface area contributed by atoms with E-state index in [0.717, 1.165) is 5.52 Å². The number of fused-ring (bicyclic) bond motifs is 1. The summed E-state index contributed by atoms with van der Waals surface area (Å²) in [6.45, 7) is 0.267. The summed E-state index contributed by atoms with van der Waals surface area (Å²) in [5.74, 6) is -0.367. The van der Waals surface area contributed by atoms with Crippen LogP contribution in [-0.4, -0.2) is 34.9 Å². The number of aliphatic hydroxyl groups is 2. The molecule has 92 valence electrons. The molecule has 0 bridgehead atoms. The molecule has 0 aliphatic carbocycles. The maximum Gasteiger partial charge on any atom is 0.123 e. The maximum absolute atomic E-state index is 13.1. The summed E-state index contributed by atoms with van der Waals surface area (Å²) in [7, 11) is 1.69. The predicted octanol–water partition coefficient (Wildman–Crippen LogP) is 0.921. The molecule has 2 atom stereocenters. The fourth-order valence-electron chi connectivity index (χ4n) is 1.89. The van der Waals surface area contributed by atoms with Crippen molar-refractivity contribution in [1.82, 2.24) is 10.3 Å². The Bertz CT molecular complexity index is 512. The lowest BCUT2D eigenvalue weighted by Crippen LogP contribution is -2.29. The van der Waals surface area contributed by atoms with Crippen LogP contribution in [-0.2, 0) is 0 Å². The summed E-state index contributed by atoms with van der Waals surface area (Å²) in [4.78, 5) is 2.94. The summed E-state index contributed by atoms with van der Waals surface area (Å²) < 4.78 is 13.1. The standard InChI is InChI=1S/C12H15FN2O2/c1-14-6-11(16)12(17)9-5-15-10-3-2-7(13)4-8(9)10/h2-5,11-12,14-17H,6H2,1H3. The second-order valence-electron chi connectivity index (χ2n) is 4.00. The van der Waals surface area contributed by atoms with Crippen molar-refractivity contribution in [3.05, 3.63) is 35.8 Å². The maximum atomic E-state index is 13.1. The number of hydrogen-bond acceptors (Lipinski definition) is 3. The number of aliphatic hydroxyl groups excluding tert-OH is 2. The van der Waals surface area contributed by atoms with E-state index in [1.54, 1.807) is 19.3 Å². The SMILES string of the molecule is CNCC(O)C(O)c1c[nH]c2ccc(F)cc12. The van der Waals surface area contributed by atoms with Crippen molar-refractivity contribution >= 4 is 10.9 Å². The van der Waals surface area contributed by atoms with Crippen LogP contribution in [0.25, 0.3) is 10.9 Å². The summed E-state index contributed by atoms with van der Waals surface area (Å²) in [5.41, 5.74) is 1.24. The lowest BCUT2D eigenvalue weighted by atomic mass is 10.0. The van der Waals surface area contributed by atoms with E-state index in [1.165, 1.54) is 12.1 Å². The molecule has 17 heavy (non-hydrogen) atoms. The van der Waals surface area contributed by atoms with Crippen LogP contribution in [0.3, 0.4) is 0 Å². The first-order valence-corrected chi connectivity index (χ1v) is 5.40. The molecule has 0 amide bonds. The second kappa shape index (κ2) is 4.83. The van der Waals surface area contributed by atoms with Crippen LogP contribution in [0.1, 0.15) is 11.7 Å². The number of benzene rings is 1. The van der Waals surface area contributed by atoms with E-state index in [0.29, 0.717) is 10.9 Å². The van der Waals surface area contributed by atoms with Crippen LogP contribution in [0.5, 0.6) is 0 Å². The molecule has 0 fully saturated rings. The van der Waals surface area contributed by atoms with E-state index >= 15 is 0 Å². The van der Waals surface area contributed by atoms with Gasteiger partial charge in [0.2, 0.25) is 0 Å². The van der Waals surface area contributed by atoms with Gasteiger partial charge >= 0.3 is 0 Å². The second-order valence-corrected chi connectivity index (χ2v) is 4.00. The lowest BCUT2D eigenvalue weighted by Gasteiger charge is -2.16. The quantitative estimate of drug-likeness (QED) is 0.640. The normalized spacial score (nSPS) is 15.1. The molecule has 2 unspecified atom stereocenters. The van der Waals surface area contributed by atoms with Gasteiger partial charge in [-0.3, -0.25) is 0 Å². The van der Waals surface area contributed by atoms with Gasteiger partial charge in [0.25, 0.3) is 0 Å². The molecule has 4 nitrogen and oxygen atoms in total. The smallest absolute Gasteiger partial charge is 0.123 e. The summed E-state index contributed by atoms with van der Waals surface area (Å²) in [5, 5.41) is 23.0.